The van der Waals surface area contributed by atoms with Crippen LogP contribution in [0.3, 0.4) is 0 Å². The Balaban J connectivity index is 0.837. The monoisotopic (exact) mass is 1380 g/mol. The van der Waals surface area contributed by atoms with Crippen LogP contribution in [0.4, 0.5) is 17.3 Å². The normalized spacial score (nSPS) is 23.4. The van der Waals surface area contributed by atoms with E-state index >= 15 is 0 Å². The number of benzene rings is 2. The van der Waals surface area contributed by atoms with Crippen molar-refractivity contribution in [2.75, 3.05) is 48.4 Å². The number of imidazole rings is 1. The summed E-state index contributed by atoms with van der Waals surface area (Å²) in [5, 5.41) is 13.4. The number of H-pyrrole nitrogens is 1. The van der Waals surface area contributed by atoms with Crippen LogP contribution >= 0.6 is 31.3 Å². The van der Waals surface area contributed by atoms with E-state index in [-0.39, 0.29) is 59.1 Å². The molecule has 7 unspecified atom stereocenters. The van der Waals surface area contributed by atoms with Gasteiger partial charge >= 0.3 is 36.9 Å². The first kappa shape index (κ1) is 72.4. The van der Waals surface area contributed by atoms with Gasteiger partial charge in [-0.25, -0.2) is 23.2 Å². The smallest absolute Gasteiger partial charge is 0.390 e. The number of ether oxygens (including phenoxy) is 1. The summed E-state index contributed by atoms with van der Waals surface area (Å²) in [5.74, 6) is -0.508. The van der Waals surface area contributed by atoms with E-state index < -0.39 is 84.0 Å². The molecule has 1 amide bonds. The van der Waals surface area contributed by atoms with Crippen molar-refractivity contribution in [3.8, 4) is 0 Å². The molecule has 1 saturated heterocycles. The van der Waals surface area contributed by atoms with E-state index in [4.69, 9.17) is 15.0 Å². The Morgan fingerprint density at radius 1 is 0.837 bits per heavy atom. The Hall–Kier alpha value is -5.45. The number of nitrogens with two attached hydrogens (primary N) is 1. The zero-order valence-corrected chi connectivity index (χ0v) is 56.1. The summed E-state index contributed by atoms with van der Waals surface area (Å²) >= 11 is 0. The lowest BCUT2D eigenvalue weighted by Crippen LogP contribution is -2.72. The largest absolute Gasteiger partial charge is 0.490 e. The van der Waals surface area contributed by atoms with Crippen LogP contribution in [-0.2, 0) is 70.7 Å². The van der Waals surface area contributed by atoms with Crippen molar-refractivity contribution < 1.29 is 92.4 Å². The van der Waals surface area contributed by atoms with Crippen LogP contribution in [0, 0.1) is 26.8 Å². The van der Waals surface area contributed by atoms with E-state index in [1.807, 2.05) is 13.8 Å². The van der Waals surface area contributed by atoms with E-state index in [9.17, 15) is 65.5 Å². The molecule has 4 aromatic rings. The molecule has 506 valence electrons. The SMILES string of the molecule is [CH2-]CCCN1C(=CC=C2CCC/C(=C\C=C3/N(CCC[CH2-])c4ccc(S(=O)(=O)O)cc4C3(C)C)[C-]2[NH+]=CCC(=O)NCCCCCCOP(=O)(O)OP(=O)(O)OP(=O)(O)OP(=O)(O)OCC2OC(n3cnc4c(=O)nc(N)[nH]c43)CC2O)C(C)(C)c2cc(C)ccc21. The summed E-state index contributed by atoms with van der Waals surface area (Å²) in [7, 11) is -27.8. The number of rotatable bonds is 30. The van der Waals surface area contributed by atoms with Crippen molar-refractivity contribution in [1.82, 2.24) is 24.8 Å². The van der Waals surface area contributed by atoms with Gasteiger partial charge < -0.3 is 69.1 Å². The van der Waals surface area contributed by atoms with Gasteiger partial charge in [-0.2, -0.15) is 39.2 Å². The number of phosphoric ester groups is 2. The Labute approximate surface area is 534 Å². The third kappa shape index (κ3) is 17.9. The Morgan fingerprint density at radius 3 is 2.00 bits per heavy atom. The first-order valence-electron chi connectivity index (χ1n) is 29.9. The highest BCUT2D eigenvalue weighted by Gasteiger charge is 2.47. The third-order valence-electron chi connectivity index (χ3n) is 16.1. The summed E-state index contributed by atoms with van der Waals surface area (Å²) in [4.78, 5) is 83.7. The number of aryl methyl sites for hydroxylation is 1. The van der Waals surface area contributed by atoms with Crippen LogP contribution in [-0.4, -0.2) is 114 Å². The molecule has 2 fully saturated rings. The second-order valence-electron chi connectivity index (χ2n) is 23.6. The molecule has 5 heterocycles. The van der Waals surface area contributed by atoms with Crippen molar-refractivity contribution in [2.24, 2.45) is 0 Å². The molecular weight excluding hydrogens is 1300 g/mol. The number of aliphatic hydroxyl groups is 1. The molecule has 3 aliphatic heterocycles. The first-order chi connectivity index (χ1) is 43.2. The van der Waals surface area contributed by atoms with Gasteiger partial charge in [0.05, 0.1) is 43.2 Å². The maximum atomic E-state index is 13.3. The summed E-state index contributed by atoms with van der Waals surface area (Å²) in [6.45, 7) is 19.0. The number of allylic oxidation sites excluding steroid dienone is 6. The van der Waals surface area contributed by atoms with Crippen LogP contribution in [0.2, 0.25) is 0 Å². The van der Waals surface area contributed by atoms with Gasteiger partial charge in [0.1, 0.15) is 24.0 Å². The summed E-state index contributed by atoms with van der Waals surface area (Å²) in [6, 6.07) is 12.1. The van der Waals surface area contributed by atoms with Crippen molar-refractivity contribution >= 4 is 82.0 Å². The highest BCUT2D eigenvalue weighted by Crippen LogP contribution is 2.71. The topological polar surface area (TPSA) is 418 Å². The van der Waals surface area contributed by atoms with Crippen LogP contribution < -0.4 is 31.4 Å². The molecule has 29 nitrogen and oxygen atoms in total. The van der Waals surface area contributed by atoms with Crippen LogP contribution in [0.1, 0.15) is 134 Å². The van der Waals surface area contributed by atoms with Crippen molar-refractivity contribution in [3.63, 3.8) is 0 Å². The van der Waals surface area contributed by atoms with Gasteiger partial charge in [0.25, 0.3) is 10.1 Å². The maximum Gasteiger partial charge on any atom is 0.490 e. The first-order valence-corrected chi connectivity index (χ1v) is 37.3. The molecular formula is C58H81N9O20P4S-2. The van der Waals surface area contributed by atoms with Crippen LogP contribution in [0.5, 0.6) is 0 Å². The van der Waals surface area contributed by atoms with E-state index in [0.717, 1.165) is 84.9 Å². The van der Waals surface area contributed by atoms with E-state index in [1.165, 1.54) is 39.8 Å². The Kier molecular flexibility index (Phi) is 23.3. The molecule has 0 radical (unpaired) electrons. The molecule has 34 heteroatoms. The average Bonchev–Trinajstić information content (AvgIpc) is 1.60. The molecule has 8 rings (SSSR count). The van der Waals surface area contributed by atoms with Gasteiger partial charge in [-0.1, -0.05) is 94.4 Å². The number of hydrogen-bond acceptors (Lipinski definition) is 20. The second-order valence-corrected chi connectivity index (χ2v) is 31.3. The molecule has 11 N–H and O–H groups in total. The number of nitrogens with zero attached hydrogens (tertiary/aromatic N) is 5. The number of carbonyl (C=O) groups excluding carboxylic acids is 1. The lowest BCUT2D eigenvalue weighted by Gasteiger charge is -2.30. The molecule has 2 aromatic carbocycles. The molecule has 7 atom stereocenters. The van der Waals surface area contributed by atoms with Gasteiger partial charge in [0, 0.05) is 59.7 Å². The van der Waals surface area contributed by atoms with Crippen molar-refractivity contribution in [1.29, 1.82) is 0 Å². The minimum atomic E-state index is -6.11. The summed E-state index contributed by atoms with van der Waals surface area (Å²) < 4.78 is 113. The van der Waals surface area contributed by atoms with E-state index in [0.29, 0.717) is 32.2 Å². The molecule has 1 aliphatic carbocycles. The Bertz CT molecular complexity index is 3920. The number of phosphoric acid groups is 4. The fraction of sp³-hybridized carbons (Fsp3) is 0.483. The summed E-state index contributed by atoms with van der Waals surface area (Å²) in [6.07, 6.45) is 14.4. The number of nitrogens with one attached hydrogen (secondary N) is 3. The molecule has 0 bridgehead atoms. The number of amides is 1. The number of aromatic amines is 1. The van der Waals surface area contributed by atoms with Crippen LogP contribution in [0.25, 0.3) is 11.2 Å². The van der Waals surface area contributed by atoms with E-state index in [2.05, 4.69) is 130 Å². The quantitative estimate of drug-likeness (QED) is 0.00783. The fourth-order valence-electron chi connectivity index (χ4n) is 11.6. The van der Waals surface area contributed by atoms with Crippen molar-refractivity contribution in [3.05, 3.63) is 137 Å². The van der Waals surface area contributed by atoms with Gasteiger partial charge in [0.2, 0.25) is 11.9 Å². The molecule has 0 spiro atoms. The van der Waals surface area contributed by atoms with Crippen molar-refractivity contribution in [2.45, 2.75) is 152 Å². The van der Waals surface area contributed by atoms with Gasteiger partial charge in [-0.3, -0.25) is 32.7 Å². The highest BCUT2D eigenvalue weighted by atomic mass is 32.2. The average molecular weight is 1380 g/mol. The lowest BCUT2D eigenvalue weighted by molar-refractivity contribution is -0.424. The summed E-state index contributed by atoms with van der Waals surface area (Å²) in [5.41, 5.74) is 13.3. The van der Waals surface area contributed by atoms with Gasteiger partial charge in [-0.05, 0) is 74.4 Å². The fourth-order valence-corrected chi connectivity index (χ4v) is 17.1. The van der Waals surface area contributed by atoms with Gasteiger partial charge in [-0.15, -0.1) is 12.2 Å². The predicted octanol–water partition coefficient (Wildman–Crippen LogP) is 7.77. The number of hydrogen-bond donors (Lipinski definition) is 10. The molecule has 2 aromatic heterocycles. The molecule has 92 heavy (non-hydrogen) atoms. The number of aromatic nitrogens is 4. The zero-order valence-electron chi connectivity index (χ0n) is 51.7. The molecule has 1 saturated carbocycles. The number of unbranched alkanes of at least 4 members (excludes halogenated alkanes) is 5. The number of carbonyl (C=O) groups is 1. The minimum Gasteiger partial charge on any atom is -0.390 e. The predicted molar refractivity (Wildman–Crippen MR) is 341 cm³/mol. The number of fused-ring (bicyclic) bond motifs is 3. The maximum absolute atomic E-state index is 13.3. The Morgan fingerprint density at radius 2 is 1.40 bits per heavy atom. The second kappa shape index (κ2) is 29.7. The third-order valence-corrected chi connectivity index (χ3v) is 22.9. The van der Waals surface area contributed by atoms with Gasteiger partial charge in [0.15, 0.2) is 5.52 Å². The highest BCUT2D eigenvalue weighted by molar-refractivity contribution is 7.85. The van der Waals surface area contributed by atoms with E-state index in [1.54, 1.807) is 12.3 Å². The zero-order chi connectivity index (χ0) is 67.2. The standard InChI is InChI=1S/C58H81N9O20P4S/c1-8-10-30-65-44-23-19-38(3)33-42(44)57(4,5)48(65)25-20-39-17-16-18-40(21-26-49-58(6,7)43-34-41(92(79,80)81)22-24-45(43)66(49)31-11-9-2)52(39)61-29-27-50(69)60-28-14-12-13-15-32-82-88(71,72)85-90(75,76)87-91(77,78)86-89(73,74)83-36-47-46(68)35-51(84-47)67-37-62-53-54(67)63-56(59)64-55(53)70/h19-26,29,33-34,37,46-47,51,61,68H,1-2,8-18,27-28,30-32,35-36H2,3-7H3,(H,60,69)(H,71,72)(H,73,74)(H,75,76)(H,77,78)(H,79,80,81)(H3,59,63,64,70)/q-2/b39-20?,40-21+,48-25?,49-26-,61-29?. The number of anilines is 3. The lowest BCUT2D eigenvalue weighted by atomic mass is 9.81. The minimum absolute atomic E-state index is 0.00217. The molecule has 4 aliphatic rings. The van der Waals surface area contributed by atoms with Crippen LogP contribution in [0.15, 0.2) is 99.3 Å². The number of nitrogen functional groups attached to an aromatic ring is 1. The number of aliphatic hydroxyl groups excluding tert-OH is 1.